The highest BCUT2D eigenvalue weighted by Crippen LogP contribution is 2.31. The lowest BCUT2D eigenvalue weighted by Gasteiger charge is -2.17. The van der Waals surface area contributed by atoms with Crippen molar-refractivity contribution >= 4 is 0 Å². The lowest BCUT2D eigenvalue weighted by Crippen LogP contribution is -2.33. The quantitative estimate of drug-likeness (QED) is 0.919. The van der Waals surface area contributed by atoms with Crippen molar-refractivity contribution in [3.05, 3.63) is 18.3 Å². The number of halogens is 3. The highest BCUT2D eigenvalue weighted by Gasteiger charge is 2.44. The van der Waals surface area contributed by atoms with E-state index < -0.39 is 18.2 Å². The van der Waals surface area contributed by atoms with Crippen LogP contribution in [0.1, 0.15) is 18.7 Å². The number of hydrogen-bond donors (Lipinski definition) is 1. The Hall–Kier alpha value is -1.90. The van der Waals surface area contributed by atoms with E-state index in [0.29, 0.717) is 5.82 Å². The Morgan fingerprint density at radius 1 is 1.42 bits per heavy atom. The third kappa shape index (κ3) is 2.60. The summed E-state index contributed by atoms with van der Waals surface area (Å²) < 4.78 is 43.5. The van der Waals surface area contributed by atoms with Crippen molar-refractivity contribution in [2.75, 3.05) is 0 Å². The van der Waals surface area contributed by atoms with E-state index in [1.165, 1.54) is 6.20 Å². The summed E-state index contributed by atoms with van der Waals surface area (Å²) in [6.45, 7) is 1.16. The lowest BCUT2D eigenvalue weighted by atomic mass is 10.1. The Bertz CT molecular complexity index is 563. The summed E-state index contributed by atoms with van der Waals surface area (Å²) in [6.07, 6.45) is -4.15. The Kier molecular flexibility index (Phi) is 3.31. The van der Waals surface area contributed by atoms with Crippen LogP contribution in [0.5, 0.6) is 0 Å². The summed E-state index contributed by atoms with van der Waals surface area (Å²) in [5, 5.41) is 12.7. The molecule has 0 fully saturated rings. The molecule has 0 bridgehead atoms. The molecule has 0 spiro atoms. The van der Waals surface area contributed by atoms with Gasteiger partial charge in [-0.15, -0.1) is 0 Å². The summed E-state index contributed by atoms with van der Waals surface area (Å²) in [6, 6.07) is 0. The van der Waals surface area contributed by atoms with Gasteiger partial charge in [0.2, 0.25) is 11.7 Å². The van der Waals surface area contributed by atoms with Gasteiger partial charge in [0.25, 0.3) is 0 Å². The number of imidazole rings is 1. The molecule has 0 aromatic carbocycles. The van der Waals surface area contributed by atoms with Crippen LogP contribution in [0.25, 0.3) is 11.6 Å². The number of aliphatic hydroxyl groups excluding tert-OH is 1. The summed E-state index contributed by atoms with van der Waals surface area (Å²) in [5.74, 6) is -1.20. The van der Waals surface area contributed by atoms with E-state index in [9.17, 15) is 13.2 Å². The molecule has 2 aromatic rings. The maximum absolute atomic E-state index is 12.4. The van der Waals surface area contributed by atoms with Crippen molar-refractivity contribution in [3.63, 3.8) is 0 Å². The van der Waals surface area contributed by atoms with E-state index in [0.717, 1.165) is 6.92 Å². The Balaban J connectivity index is 2.25. The average molecular weight is 276 g/mol. The summed E-state index contributed by atoms with van der Waals surface area (Å²) >= 11 is 0. The second kappa shape index (κ2) is 4.65. The van der Waals surface area contributed by atoms with Crippen LogP contribution in [0.15, 0.2) is 16.9 Å². The van der Waals surface area contributed by atoms with Gasteiger partial charge in [0.05, 0.1) is 5.92 Å². The Morgan fingerprint density at radius 3 is 2.63 bits per heavy atom. The van der Waals surface area contributed by atoms with Crippen molar-refractivity contribution in [2.24, 2.45) is 7.05 Å². The van der Waals surface area contributed by atoms with E-state index in [1.54, 1.807) is 17.8 Å². The van der Waals surface area contributed by atoms with Crippen LogP contribution in [0.2, 0.25) is 0 Å². The molecular formula is C10H11F3N4O2. The van der Waals surface area contributed by atoms with Crippen LogP contribution in [-0.2, 0) is 7.05 Å². The second-order valence-corrected chi connectivity index (χ2v) is 4.09. The van der Waals surface area contributed by atoms with Crippen LogP contribution in [0.3, 0.4) is 0 Å². The molecule has 19 heavy (non-hydrogen) atoms. The third-order valence-corrected chi connectivity index (χ3v) is 2.66. The van der Waals surface area contributed by atoms with Gasteiger partial charge in [-0.1, -0.05) is 12.1 Å². The molecule has 2 atom stereocenters. The van der Waals surface area contributed by atoms with Crippen molar-refractivity contribution < 1.29 is 22.8 Å². The van der Waals surface area contributed by atoms with E-state index >= 15 is 0 Å². The normalized spacial score (nSPS) is 15.5. The van der Waals surface area contributed by atoms with Gasteiger partial charge in [0.15, 0.2) is 11.9 Å². The largest absolute Gasteiger partial charge is 0.415 e. The summed E-state index contributed by atoms with van der Waals surface area (Å²) in [5.41, 5.74) is 0. The van der Waals surface area contributed by atoms with Crippen LogP contribution >= 0.6 is 0 Å². The first-order valence-electron chi connectivity index (χ1n) is 5.36. The zero-order chi connectivity index (χ0) is 14.2. The molecular weight excluding hydrogens is 265 g/mol. The average Bonchev–Trinajstić information content (AvgIpc) is 2.93. The highest BCUT2D eigenvalue weighted by molar-refractivity contribution is 5.42. The molecule has 0 saturated heterocycles. The van der Waals surface area contributed by atoms with Crippen LogP contribution in [-0.4, -0.2) is 37.1 Å². The molecule has 0 aliphatic heterocycles. The summed E-state index contributed by atoms with van der Waals surface area (Å²) in [7, 11) is 1.69. The van der Waals surface area contributed by atoms with Gasteiger partial charge >= 0.3 is 6.18 Å². The Labute approximate surface area is 105 Å². The first kappa shape index (κ1) is 13.5. The molecule has 2 aromatic heterocycles. The minimum atomic E-state index is -4.74. The molecule has 2 rings (SSSR count). The third-order valence-electron chi connectivity index (χ3n) is 2.66. The smallest absolute Gasteiger partial charge is 0.383 e. The highest BCUT2D eigenvalue weighted by atomic mass is 19.4. The minimum absolute atomic E-state index is 0.0729. The number of hydrogen-bond acceptors (Lipinski definition) is 5. The number of aryl methyl sites for hydroxylation is 1. The van der Waals surface area contributed by atoms with E-state index in [4.69, 9.17) is 9.63 Å². The molecule has 0 amide bonds. The van der Waals surface area contributed by atoms with Crippen molar-refractivity contribution in [3.8, 4) is 11.6 Å². The van der Waals surface area contributed by atoms with Gasteiger partial charge < -0.3 is 14.2 Å². The van der Waals surface area contributed by atoms with E-state index in [1.807, 2.05) is 0 Å². The number of alkyl halides is 3. The zero-order valence-corrected chi connectivity index (χ0v) is 10.1. The summed E-state index contributed by atoms with van der Waals surface area (Å²) in [4.78, 5) is 7.77. The van der Waals surface area contributed by atoms with Crippen molar-refractivity contribution in [1.82, 2.24) is 19.7 Å². The van der Waals surface area contributed by atoms with Gasteiger partial charge in [-0.05, 0) is 0 Å². The molecule has 0 radical (unpaired) electrons. The second-order valence-electron chi connectivity index (χ2n) is 4.09. The van der Waals surface area contributed by atoms with Crippen LogP contribution in [0, 0.1) is 0 Å². The van der Waals surface area contributed by atoms with Gasteiger partial charge in [-0.2, -0.15) is 18.2 Å². The molecule has 0 saturated carbocycles. The van der Waals surface area contributed by atoms with Crippen LogP contribution in [0.4, 0.5) is 13.2 Å². The zero-order valence-electron chi connectivity index (χ0n) is 10.1. The van der Waals surface area contributed by atoms with E-state index in [2.05, 4.69) is 15.1 Å². The van der Waals surface area contributed by atoms with Crippen LogP contribution < -0.4 is 0 Å². The molecule has 2 unspecified atom stereocenters. The molecule has 0 aliphatic rings. The fourth-order valence-electron chi connectivity index (χ4n) is 1.51. The van der Waals surface area contributed by atoms with Gasteiger partial charge in [0.1, 0.15) is 0 Å². The fourth-order valence-corrected chi connectivity index (χ4v) is 1.51. The maximum Gasteiger partial charge on any atom is 0.415 e. The monoisotopic (exact) mass is 276 g/mol. The number of aromatic nitrogens is 4. The van der Waals surface area contributed by atoms with Gasteiger partial charge in [-0.25, -0.2) is 4.98 Å². The topological polar surface area (TPSA) is 77.0 Å². The lowest BCUT2D eigenvalue weighted by molar-refractivity contribution is -0.210. The van der Waals surface area contributed by atoms with Crippen molar-refractivity contribution in [1.29, 1.82) is 0 Å². The van der Waals surface area contributed by atoms with Gasteiger partial charge in [0, 0.05) is 19.4 Å². The molecule has 1 N–H and O–H groups in total. The maximum atomic E-state index is 12.4. The SMILES string of the molecule is CC(c1nc(-c2nccn2C)no1)C(O)C(F)(F)F. The Morgan fingerprint density at radius 2 is 2.11 bits per heavy atom. The first-order chi connectivity index (χ1) is 8.80. The van der Waals surface area contributed by atoms with Gasteiger partial charge in [-0.3, -0.25) is 0 Å². The first-order valence-corrected chi connectivity index (χ1v) is 5.36. The predicted octanol–water partition coefficient (Wildman–Crippen LogP) is 1.50. The molecule has 6 nitrogen and oxygen atoms in total. The van der Waals surface area contributed by atoms with E-state index in [-0.39, 0.29) is 11.7 Å². The number of aliphatic hydroxyl groups is 1. The molecule has 0 aliphatic carbocycles. The minimum Gasteiger partial charge on any atom is -0.383 e. The predicted molar refractivity (Wildman–Crippen MR) is 57.0 cm³/mol. The standard InChI is InChI=1S/C10H11F3N4O2/c1-5(6(18)10(11,12)13)9-15-7(16-19-9)8-14-3-4-17(8)2/h3-6,18H,1-2H3. The molecule has 104 valence electrons. The fraction of sp³-hybridized carbons (Fsp3) is 0.500. The number of rotatable bonds is 3. The molecule has 9 heteroatoms. The number of nitrogens with zero attached hydrogens (tertiary/aromatic N) is 4. The molecule has 2 heterocycles. The van der Waals surface area contributed by atoms with Crippen molar-refractivity contribution in [2.45, 2.75) is 25.1 Å².